The third kappa shape index (κ3) is 5.60. The van der Waals surface area contributed by atoms with Gasteiger partial charge in [-0.05, 0) is 61.3 Å². The highest BCUT2D eigenvalue weighted by molar-refractivity contribution is 5.57. The first-order valence-corrected chi connectivity index (χ1v) is 11.8. The summed E-state index contributed by atoms with van der Waals surface area (Å²) >= 11 is 0. The second-order valence-electron chi connectivity index (χ2n) is 8.81. The molecule has 1 aliphatic heterocycles. The molecule has 3 atom stereocenters. The highest BCUT2D eigenvalue weighted by Crippen LogP contribution is 2.36. The summed E-state index contributed by atoms with van der Waals surface area (Å²) in [6.45, 7) is 3.88. The molecule has 33 heavy (non-hydrogen) atoms. The summed E-state index contributed by atoms with van der Waals surface area (Å²) in [7, 11) is 1.67. The lowest BCUT2D eigenvalue weighted by molar-refractivity contribution is -0.00775. The van der Waals surface area contributed by atoms with Gasteiger partial charge in [-0.25, -0.2) is 9.07 Å². The lowest BCUT2D eigenvalue weighted by Gasteiger charge is -2.42. The maximum atomic E-state index is 13.3. The molecule has 6 nitrogen and oxygen atoms in total. The van der Waals surface area contributed by atoms with E-state index in [1.54, 1.807) is 23.9 Å². The number of piperidine rings is 1. The zero-order chi connectivity index (χ0) is 23.2. The Morgan fingerprint density at radius 3 is 2.52 bits per heavy atom. The number of halogens is 1. The first-order valence-electron chi connectivity index (χ1n) is 11.8. The van der Waals surface area contributed by atoms with Crippen LogP contribution in [-0.4, -0.2) is 51.3 Å². The maximum absolute atomic E-state index is 13.3. The SMILES string of the molecule is CCCCCCN1CC(n2cc(-c3ccc(F)cc3)nn2)C(O)CC1c1ccc(OC)cc1. The van der Waals surface area contributed by atoms with Gasteiger partial charge in [0.25, 0.3) is 0 Å². The standard InChI is InChI=1S/C26H33FN4O2/c1-3-4-5-6-15-30-18-25(26(32)16-24(30)20-9-13-22(33-2)14-10-20)31-17-23(28-29-31)19-7-11-21(27)12-8-19/h7-14,17,24-26,32H,3-6,15-16,18H2,1-2H3. The van der Waals surface area contributed by atoms with E-state index in [1.807, 2.05) is 18.3 Å². The van der Waals surface area contributed by atoms with Gasteiger partial charge in [-0.1, -0.05) is 43.5 Å². The summed E-state index contributed by atoms with van der Waals surface area (Å²) in [5, 5.41) is 19.7. The van der Waals surface area contributed by atoms with Crippen LogP contribution in [0.15, 0.2) is 54.7 Å². The van der Waals surface area contributed by atoms with Gasteiger partial charge in [0.15, 0.2) is 0 Å². The molecule has 0 amide bonds. The Balaban J connectivity index is 1.53. The Bertz CT molecular complexity index is 1010. The van der Waals surface area contributed by atoms with Crippen molar-refractivity contribution in [3.63, 3.8) is 0 Å². The molecular formula is C26H33FN4O2. The fourth-order valence-corrected chi connectivity index (χ4v) is 4.64. The van der Waals surface area contributed by atoms with Crippen LogP contribution in [0.5, 0.6) is 5.75 Å². The van der Waals surface area contributed by atoms with Crippen molar-refractivity contribution in [1.29, 1.82) is 0 Å². The average Bonchev–Trinajstić information content (AvgIpc) is 3.33. The van der Waals surface area contributed by atoms with E-state index >= 15 is 0 Å². The molecule has 1 saturated heterocycles. The predicted molar refractivity (Wildman–Crippen MR) is 127 cm³/mol. The molecule has 1 aromatic heterocycles. The zero-order valence-corrected chi connectivity index (χ0v) is 19.4. The number of hydrogen-bond acceptors (Lipinski definition) is 5. The quantitative estimate of drug-likeness (QED) is 0.462. The summed E-state index contributed by atoms with van der Waals surface area (Å²) < 4.78 is 20.4. The third-order valence-corrected chi connectivity index (χ3v) is 6.56. The molecule has 3 unspecified atom stereocenters. The number of benzene rings is 2. The van der Waals surface area contributed by atoms with Crippen molar-refractivity contribution in [2.24, 2.45) is 0 Å². The molecule has 0 radical (unpaired) electrons. The van der Waals surface area contributed by atoms with E-state index in [9.17, 15) is 9.50 Å². The van der Waals surface area contributed by atoms with Gasteiger partial charge >= 0.3 is 0 Å². The number of nitrogens with zero attached hydrogens (tertiary/aromatic N) is 4. The minimum atomic E-state index is -0.549. The highest BCUT2D eigenvalue weighted by Gasteiger charge is 2.36. The first kappa shape index (κ1) is 23.4. The van der Waals surface area contributed by atoms with Gasteiger partial charge < -0.3 is 9.84 Å². The fourth-order valence-electron chi connectivity index (χ4n) is 4.64. The van der Waals surface area contributed by atoms with Crippen LogP contribution in [0.4, 0.5) is 4.39 Å². The molecule has 7 heteroatoms. The number of aliphatic hydroxyl groups is 1. The van der Waals surface area contributed by atoms with E-state index in [-0.39, 0.29) is 17.9 Å². The van der Waals surface area contributed by atoms with Crippen molar-refractivity contribution in [2.45, 2.75) is 57.2 Å². The monoisotopic (exact) mass is 452 g/mol. The molecular weight excluding hydrogens is 419 g/mol. The van der Waals surface area contributed by atoms with Crippen LogP contribution in [-0.2, 0) is 0 Å². The van der Waals surface area contributed by atoms with Crippen LogP contribution in [0.3, 0.4) is 0 Å². The lowest BCUT2D eigenvalue weighted by atomic mass is 9.90. The molecule has 0 bridgehead atoms. The van der Waals surface area contributed by atoms with Crippen molar-refractivity contribution in [1.82, 2.24) is 19.9 Å². The number of hydrogen-bond donors (Lipinski definition) is 1. The highest BCUT2D eigenvalue weighted by atomic mass is 19.1. The Morgan fingerprint density at radius 1 is 1.06 bits per heavy atom. The van der Waals surface area contributed by atoms with Crippen LogP contribution in [0.25, 0.3) is 11.3 Å². The number of aliphatic hydroxyl groups excluding tert-OH is 1. The van der Waals surface area contributed by atoms with Gasteiger partial charge in [0.05, 0.1) is 25.5 Å². The molecule has 3 aromatic rings. The number of rotatable bonds is 9. The molecule has 1 fully saturated rings. The van der Waals surface area contributed by atoms with E-state index in [2.05, 4.69) is 34.3 Å². The van der Waals surface area contributed by atoms with Crippen LogP contribution >= 0.6 is 0 Å². The van der Waals surface area contributed by atoms with Gasteiger partial charge in [-0.3, -0.25) is 4.90 Å². The number of likely N-dealkylation sites (tertiary alicyclic amines) is 1. The van der Waals surface area contributed by atoms with Crippen LogP contribution < -0.4 is 4.74 Å². The van der Waals surface area contributed by atoms with Crippen LogP contribution in [0.1, 0.15) is 56.7 Å². The molecule has 1 aliphatic rings. The Kier molecular flexibility index (Phi) is 7.73. The summed E-state index contributed by atoms with van der Waals surface area (Å²) in [4.78, 5) is 2.47. The summed E-state index contributed by atoms with van der Waals surface area (Å²) in [6, 6.07) is 14.3. The van der Waals surface area contributed by atoms with E-state index in [0.29, 0.717) is 18.7 Å². The minimum absolute atomic E-state index is 0.142. The van der Waals surface area contributed by atoms with Gasteiger partial charge in [-0.15, -0.1) is 5.10 Å². The fraction of sp³-hybridized carbons (Fsp3) is 0.462. The van der Waals surface area contributed by atoms with E-state index in [1.165, 1.54) is 37.0 Å². The zero-order valence-electron chi connectivity index (χ0n) is 19.4. The largest absolute Gasteiger partial charge is 0.497 e. The summed E-state index contributed by atoms with van der Waals surface area (Å²) in [5.74, 6) is 0.551. The van der Waals surface area contributed by atoms with Crippen LogP contribution in [0.2, 0.25) is 0 Å². The number of ether oxygens (including phenoxy) is 1. The second kappa shape index (κ2) is 10.9. The molecule has 0 saturated carbocycles. The Hall–Kier alpha value is -2.77. The third-order valence-electron chi connectivity index (χ3n) is 6.56. The number of aromatic nitrogens is 3. The van der Waals surface area contributed by atoms with Crippen molar-refractivity contribution >= 4 is 0 Å². The minimum Gasteiger partial charge on any atom is -0.497 e. The molecule has 0 spiro atoms. The molecule has 1 N–H and O–H groups in total. The first-order chi connectivity index (χ1) is 16.1. The second-order valence-corrected chi connectivity index (χ2v) is 8.81. The van der Waals surface area contributed by atoms with E-state index in [0.717, 1.165) is 24.3 Å². The Morgan fingerprint density at radius 2 is 1.82 bits per heavy atom. The lowest BCUT2D eigenvalue weighted by Crippen LogP contribution is -2.46. The van der Waals surface area contributed by atoms with Crippen molar-refractivity contribution in [2.75, 3.05) is 20.2 Å². The molecule has 0 aliphatic carbocycles. The van der Waals surface area contributed by atoms with Gasteiger partial charge in [0.1, 0.15) is 17.3 Å². The molecule has 2 heterocycles. The maximum Gasteiger partial charge on any atom is 0.123 e. The van der Waals surface area contributed by atoms with E-state index < -0.39 is 6.10 Å². The topological polar surface area (TPSA) is 63.4 Å². The number of unbranched alkanes of at least 4 members (excludes halogenated alkanes) is 3. The normalized spacial score (nSPS) is 21.3. The number of methoxy groups -OCH3 is 1. The summed E-state index contributed by atoms with van der Waals surface area (Å²) in [5.41, 5.74) is 2.67. The summed E-state index contributed by atoms with van der Waals surface area (Å²) in [6.07, 6.45) is 6.69. The molecule has 2 aromatic carbocycles. The molecule has 176 valence electrons. The van der Waals surface area contributed by atoms with E-state index in [4.69, 9.17) is 4.74 Å². The van der Waals surface area contributed by atoms with Crippen LogP contribution in [0, 0.1) is 5.82 Å². The van der Waals surface area contributed by atoms with Gasteiger partial charge in [0.2, 0.25) is 0 Å². The Labute approximate surface area is 195 Å². The van der Waals surface area contributed by atoms with Crippen molar-refractivity contribution < 1.29 is 14.2 Å². The predicted octanol–water partition coefficient (Wildman–Crippen LogP) is 5.02. The van der Waals surface area contributed by atoms with Crippen molar-refractivity contribution in [3.8, 4) is 17.0 Å². The van der Waals surface area contributed by atoms with Crippen molar-refractivity contribution in [3.05, 3.63) is 66.1 Å². The van der Waals surface area contributed by atoms with Gasteiger partial charge in [-0.2, -0.15) is 0 Å². The smallest absolute Gasteiger partial charge is 0.123 e. The average molecular weight is 453 g/mol. The van der Waals surface area contributed by atoms with Gasteiger partial charge in [0, 0.05) is 18.2 Å². The molecule has 4 rings (SSSR count).